The van der Waals surface area contributed by atoms with E-state index in [1.165, 1.54) is 0 Å². The van der Waals surface area contributed by atoms with E-state index in [9.17, 15) is 4.79 Å². The third-order valence-electron chi connectivity index (χ3n) is 1.71. The molecule has 0 fully saturated rings. The van der Waals surface area contributed by atoms with Crippen LogP contribution in [-0.4, -0.2) is 27.0 Å². The molecule has 84 valence electrons. The molecule has 0 spiro atoms. The molecule has 1 aromatic heterocycles. The van der Waals surface area contributed by atoms with Crippen molar-refractivity contribution in [1.29, 1.82) is 0 Å². The summed E-state index contributed by atoms with van der Waals surface area (Å²) in [6.45, 7) is 9.36. The molecule has 5 nitrogen and oxygen atoms in total. The van der Waals surface area contributed by atoms with E-state index in [0.717, 1.165) is 0 Å². The number of esters is 1. The fourth-order valence-corrected chi connectivity index (χ4v) is 1.12. The minimum atomic E-state index is -0.510. The Morgan fingerprint density at radius 2 is 1.93 bits per heavy atom. The fraction of sp³-hybridized carbons (Fsp3) is 0.700. The van der Waals surface area contributed by atoms with Gasteiger partial charge in [-0.1, -0.05) is 13.8 Å². The van der Waals surface area contributed by atoms with Crippen LogP contribution in [-0.2, 0) is 4.74 Å². The minimum Gasteiger partial charge on any atom is -0.455 e. The molecule has 0 aliphatic rings. The van der Waals surface area contributed by atoms with Crippen molar-refractivity contribution in [3.05, 3.63) is 11.4 Å². The zero-order valence-electron chi connectivity index (χ0n) is 9.79. The number of nitrogens with zero attached hydrogens (tertiary/aromatic N) is 2. The van der Waals surface area contributed by atoms with Gasteiger partial charge in [-0.3, -0.25) is 0 Å². The molecule has 1 heterocycles. The van der Waals surface area contributed by atoms with Gasteiger partial charge in [0.1, 0.15) is 5.60 Å². The van der Waals surface area contributed by atoms with E-state index in [2.05, 4.69) is 15.4 Å². The summed E-state index contributed by atoms with van der Waals surface area (Å²) >= 11 is 0. The van der Waals surface area contributed by atoms with Crippen LogP contribution in [0.5, 0.6) is 0 Å². The quantitative estimate of drug-likeness (QED) is 0.758. The molecule has 1 N–H and O–H groups in total. The summed E-state index contributed by atoms with van der Waals surface area (Å²) in [5.41, 5.74) is 0.411. The Morgan fingerprint density at radius 1 is 1.33 bits per heavy atom. The number of rotatable bonds is 2. The molecule has 0 atom stereocenters. The number of carbonyl (C=O) groups excluding carboxylic acids is 1. The fourth-order valence-electron chi connectivity index (χ4n) is 1.12. The Labute approximate surface area is 89.2 Å². The standard InChI is InChI=1S/C10H17N3O2/c1-6(2)7-8(12-13-11-7)9(14)15-10(3,4)5/h6H,1-5H3,(H,11,12,13). The average molecular weight is 211 g/mol. The Morgan fingerprint density at radius 3 is 2.40 bits per heavy atom. The van der Waals surface area contributed by atoms with Crippen molar-refractivity contribution in [2.24, 2.45) is 0 Å². The van der Waals surface area contributed by atoms with Crippen LogP contribution in [0, 0.1) is 0 Å². The number of H-pyrrole nitrogens is 1. The highest BCUT2D eigenvalue weighted by atomic mass is 16.6. The van der Waals surface area contributed by atoms with Gasteiger partial charge in [0.05, 0.1) is 5.69 Å². The molecule has 1 rings (SSSR count). The lowest BCUT2D eigenvalue weighted by Crippen LogP contribution is -2.24. The predicted octanol–water partition coefficient (Wildman–Crippen LogP) is 1.88. The lowest BCUT2D eigenvalue weighted by atomic mass is 10.1. The number of hydrogen-bond donors (Lipinski definition) is 1. The van der Waals surface area contributed by atoms with Gasteiger partial charge < -0.3 is 4.74 Å². The van der Waals surface area contributed by atoms with Crippen LogP contribution in [0.2, 0.25) is 0 Å². The highest BCUT2D eigenvalue weighted by molar-refractivity contribution is 5.88. The van der Waals surface area contributed by atoms with Gasteiger partial charge in [0.15, 0.2) is 5.69 Å². The molecular formula is C10H17N3O2. The van der Waals surface area contributed by atoms with Crippen LogP contribution in [0.25, 0.3) is 0 Å². The van der Waals surface area contributed by atoms with Gasteiger partial charge in [0.2, 0.25) is 0 Å². The first-order valence-electron chi connectivity index (χ1n) is 4.95. The molecule has 5 heteroatoms. The third-order valence-corrected chi connectivity index (χ3v) is 1.71. The Hall–Kier alpha value is -1.39. The minimum absolute atomic E-state index is 0.145. The predicted molar refractivity (Wildman–Crippen MR) is 55.6 cm³/mol. The number of nitrogens with one attached hydrogen (secondary N) is 1. The summed E-state index contributed by atoms with van der Waals surface area (Å²) in [6.07, 6.45) is 0. The topological polar surface area (TPSA) is 67.9 Å². The molecule has 0 radical (unpaired) electrons. The van der Waals surface area contributed by atoms with Crippen molar-refractivity contribution < 1.29 is 9.53 Å². The Bertz CT molecular complexity index is 350. The summed E-state index contributed by atoms with van der Waals surface area (Å²) in [7, 11) is 0. The third kappa shape index (κ3) is 3.04. The van der Waals surface area contributed by atoms with E-state index in [1.807, 2.05) is 34.6 Å². The van der Waals surface area contributed by atoms with E-state index in [1.54, 1.807) is 0 Å². The maximum Gasteiger partial charge on any atom is 0.361 e. The van der Waals surface area contributed by atoms with Crippen molar-refractivity contribution >= 4 is 5.97 Å². The summed E-state index contributed by atoms with van der Waals surface area (Å²) in [4.78, 5) is 11.7. The number of ether oxygens (including phenoxy) is 1. The SMILES string of the molecule is CC(C)c1n[nH]nc1C(=O)OC(C)(C)C. The van der Waals surface area contributed by atoms with Gasteiger partial charge in [-0.2, -0.15) is 10.3 Å². The molecule has 0 amide bonds. The Kier molecular flexibility index (Phi) is 3.12. The van der Waals surface area contributed by atoms with E-state index < -0.39 is 11.6 Å². The van der Waals surface area contributed by atoms with Crippen molar-refractivity contribution in [3.63, 3.8) is 0 Å². The maximum atomic E-state index is 11.7. The molecule has 0 aliphatic carbocycles. The van der Waals surface area contributed by atoms with E-state index in [0.29, 0.717) is 5.69 Å². The first kappa shape index (κ1) is 11.7. The van der Waals surface area contributed by atoms with E-state index in [4.69, 9.17) is 4.74 Å². The van der Waals surface area contributed by atoms with Crippen LogP contribution >= 0.6 is 0 Å². The van der Waals surface area contributed by atoms with E-state index >= 15 is 0 Å². The van der Waals surface area contributed by atoms with Gasteiger partial charge in [-0.25, -0.2) is 4.79 Å². The maximum absolute atomic E-state index is 11.7. The second-order valence-corrected chi connectivity index (χ2v) is 4.71. The van der Waals surface area contributed by atoms with Gasteiger partial charge in [0.25, 0.3) is 0 Å². The second kappa shape index (κ2) is 4.00. The molecule has 0 saturated heterocycles. The lowest BCUT2D eigenvalue weighted by Gasteiger charge is -2.18. The van der Waals surface area contributed by atoms with Gasteiger partial charge in [-0.15, -0.1) is 5.10 Å². The van der Waals surface area contributed by atoms with Crippen molar-refractivity contribution in [1.82, 2.24) is 15.4 Å². The number of aromatic amines is 1. The van der Waals surface area contributed by atoms with Gasteiger partial charge >= 0.3 is 5.97 Å². The van der Waals surface area contributed by atoms with Gasteiger partial charge in [-0.05, 0) is 26.7 Å². The second-order valence-electron chi connectivity index (χ2n) is 4.71. The highest BCUT2D eigenvalue weighted by Gasteiger charge is 2.24. The van der Waals surface area contributed by atoms with E-state index in [-0.39, 0.29) is 11.6 Å². The van der Waals surface area contributed by atoms with Crippen LogP contribution in [0.3, 0.4) is 0 Å². The summed E-state index contributed by atoms with van der Waals surface area (Å²) in [6, 6.07) is 0. The summed E-state index contributed by atoms with van der Waals surface area (Å²) in [5, 5.41) is 10.2. The van der Waals surface area contributed by atoms with Crippen LogP contribution in [0.4, 0.5) is 0 Å². The lowest BCUT2D eigenvalue weighted by molar-refractivity contribution is 0.00611. The van der Waals surface area contributed by atoms with Crippen molar-refractivity contribution in [2.45, 2.75) is 46.1 Å². The van der Waals surface area contributed by atoms with Crippen molar-refractivity contribution in [3.8, 4) is 0 Å². The summed E-state index contributed by atoms with van der Waals surface area (Å²) < 4.78 is 5.21. The summed E-state index contributed by atoms with van der Waals surface area (Å²) in [5.74, 6) is -0.286. The molecule has 0 aliphatic heterocycles. The van der Waals surface area contributed by atoms with Crippen LogP contribution < -0.4 is 0 Å². The zero-order chi connectivity index (χ0) is 11.6. The normalized spacial score (nSPS) is 11.9. The molecule has 0 unspecified atom stereocenters. The monoisotopic (exact) mass is 211 g/mol. The first-order chi connectivity index (χ1) is 6.81. The molecule has 0 aromatic carbocycles. The largest absolute Gasteiger partial charge is 0.455 e. The smallest absolute Gasteiger partial charge is 0.361 e. The Balaban J connectivity index is 2.87. The molecule has 0 bridgehead atoms. The van der Waals surface area contributed by atoms with Gasteiger partial charge in [0, 0.05) is 0 Å². The number of hydrogen-bond acceptors (Lipinski definition) is 4. The van der Waals surface area contributed by atoms with Crippen LogP contribution in [0.15, 0.2) is 0 Å². The number of aromatic nitrogens is 3. The highest BCUT2D eigenvalue weighted by Crippen LogP contribution is 2.17. The van der Waals surface area contributed by atoms with Crippen LogP contribution in [0.1, 0.15) is 56.7 Å². The zero-order valence-corrected chi connectivity index (χ0v) is 9.79. The average Bonchev–Trinajstić information content (AvgIpc) is 2.47. The molecule has 1 aromatic rings. The molecule has 15 heavy (non-hydrogen) atoms. The molecule has 0 saturated carbocycles. The van der Waals surface area contributed by atoms with Crippen molar-refractivity contribution in [2.75, 3.05) is 0 Å². The number of carbonyl (C=O) groups is 1. The first-order valence-corrected chi connectivity index (χ1v) is 4.95. The molecular weight excluding hydrogens is 194 g/mol.